The van der Waals surface area contributed by atoms with Gasteiger partial charge >= 0.3 is 6.09 Å². The topological polar surface area (TPSA) is 50.8 Å². The Hall–Kier alpha value is -2.53. The second-order valence-corrected chi connectivity index (χ2v) is 7.36. The number of carbonyl (C=O) groups excluding carboxylic acids is 1. The Balaban J connectivity index is 1.49. The van der Waals surface area contributed by atoms with Crippen molar-refractivity contribution in [2.75, 3.05) is 26.7 Å². The molecule has 3 fully saturated rings. The smallest absolute Gasteiger partial charge is 0.408 e. The Bertz CT molecular complexity index is 755. The first-order valence-corrected chi connectivity index (χ1v) is 9.61. The van der Waals surface area contributed by atoms with Crippen LogP contribution in [0.2, 0.25) is 0 Å². The molecule has 0 saturated carbocycles. The normalized spacial score (nSPS) is 24.9. The molecule has 27 heavy (non-hydrogen) atoms. The highest BCUT2D eigenvalue weighted by Gasteiger charge is 2.35. The van der Waals surface area contributed by atoms with Gasteiger partial charge in [0.2, 0.25) is 0 Å². The van der Waals surface area contributed by atoms with Crippen molar-refractivity contribution in [3.63, 3.8) is 0 Å². The lowest BCUT2D eigenvalue weighted by atomic mass is 9.84. The predicted molar refractivity (Wildman–Crippen MR) is 104 cm³/mol. The Morgan fingerprint density at radius 2 is 1.70 bits per heavy atom. The van der Waals surface area contributed by atoms with Crippen molar-refractivity contribution in [1.82, 2.24) is 10.2 Å². The summed E-state index contributed by atoms with van der Waals surface area (Å²) in [6, 6.07) is 17.7. The summed E-state index contributed by atoms with van der Waals surface area (Å²) in [5, 5.41) is 3.12. The van der Waals surface area contributed by atoms with Crippen LogP contribution in [0.1, 0.15) is 30.1 Å². The lowest BCUT2D eigenvalue weighted by Crippen LogP contribution is -2.57. The molecule has 1 N–H and O–H groups in total. The van der Waals surface area contributed by atoms with Crippen LogP contribution < -0.4 is 10.1 Å². The van der Waals surface area contributed by atoms with Crippen molar-refractivity contribution < 1.29 is 14.3 Å². The number of fused-ring (bicyclic) bond motifs is 3. The van der Waals surface area contributed by atoms with Crippen molar-refractivity contribution >= 4 is 6.09 Å². The van der Waals surface area contributed by atoms with Gasteiger partial charge in [-0.15, -0.1) is 0 Å². The van der Waals surface area contributed by atoms with E-state index in [9.17, 15) is 4.79 Å². The van der Waals surface area contributed by atoms with Crippen LogP contribution in [0.15, 0.2) is 54.6 Å². The summed E-state index contributed by atoms with van der Waals surface area (Å²) in [7, 11) is 1.64. The third kappa shape index (κ3) is 4.08. The van der Waals surface area contributed by atoms with Gasteiger partial charge in [-0.05, 0) is 55.1 Å². The van der Waals surface area contributed by atoms with Crippen LogP contribution in [0.3, 0.4) is 0 Å². The van der Waals surface area contributed by atoms with Gasteiger partial charge in [0.05, 0.1) is 7.11 Å². The largest absolute Gasteiger partial charge is 0.497 e. The summed E-state index contributed by atoms with van der Waals surface area (Å²) in [6.45, 7) is 3.23. The molecule has 2 atom stereocenters. The number of ether oxygens (including phenoxy) is 2. The molecule has 3 aliphatic rings. The number of piperidine rings is 3. The SMILES string of the molecule is COc1ccc(C(OC(=O)NC2CN3CCC2CC3)c2ccccc2)cc1. The van der Waals surface area contributed by atoms with Gasteiger partial charge in [-0.2, -0.15) is 0 Å². The number of hydrogen-bond acceptors (Lipinski definition) is 4. The van der Waals surface area contributed by atoms with Gasteiger partial charge in [0, 0.05) is 12.6 Å². The molecule has 5 nitrogen and oxygen atoms in total. The maximum atomic E-state index is 12.7. The fourth-order valence-electron chi connectivity index (χ4n) is 4.16. The summed E-state index contributed by atoms with van der Waals surface area (Å²) >= 11 is 0. The number of nitrogens with one attached hydrogen (secondary N) is 1. The maximum absolute atomic E-state index is 12.7. The molecule has 2 bridgehead atoms. The van der Waals surface area contributed by atoms with E-state index in [-0.39, 0.29) is 12.1 Å². The lowest BCUT2D eigenvalue weighted by molar-refractivity contribution is 0.0593. The van der Waals surface area contributed by atoms with Crippen LogP contribution >= 0.6 is 0 Å². The van der Waals surface area contributed by atoms with Crippen molar-refractivity contribution in [1.29, 1.82) is 0 Å². The average molecular weight is 366 g/mol. The summed E-state index contributed by atoms with van der Waals surface area (Å²) in [5.74, 6) is 1.35. The van der Waals surface area contributed by atoms with E-state index in [0.29, 0.717) is 5.92 Å². The highest BCUT2D eigenvalue weighted by atomic mass is 16.6. The van der Waals surface area contributed by atoms with Crippen molar-refractivity contribution in [3.05, 3.63) is 65.7 Å². The fraction of sp³-hybridized carbons (Fsp3) is 0.409. The van der Waals surface area contributed by atoms with Gasteiger partial charge in [0.25, 0.3) is 0 Å². The third-order valence-electron chi connectivity index (χ3n) is 5.71. The Morgan fingerprint density at radius 1 is 1.04 bits per heavy atom. The molecule has 3 saturated heterocycles. The van der Waals surface area contributed by atoms with Gasteiger partial charge in [-0.3, -0.25) is 0 Å². The van der Waals surface area contributed by atoms with Crippen LogP contribution in [-0.2, 0) is 4.74 Å². The summed E-state index contributed by atoms with van der Waals surface area (Å²) in [5.41, 5.74) is 1.87. The highest BCUT2D eigenvalue weighted by molar-refractivity contribution is 5.68. The minimum absolute atomic E-state index is 0.187. The Morgan fingerprint density at radius 3 is 2.30 bits per heavy atom. The molecule has 2 unspecified atom stereocenters. The van der Waals surface area contributed by atoms with Crippen LogP contribution in [0.4, 0.5) is 4.79 Å². The maximum Gasteiger partial charge on any atom is 0.408 e. The van der Waals surface area contributed by atoms with Crippen LogP contribution in [0, 0.1) is 5.92 Å². The van der Waals surface area contributed by atoms with E-state index in [0.717, 1.165) is 49.4 Å². The molecule has 0 aliphatic carbocycles. The van der Waals surface area contributed by atoms with E-state index in [1.165, 1.54) is 0 Å². The molecular formula is C22H26N2O3. The Kier molecular flexibility index (Phi) is 5.30. The van der Waals surface area contributed by atoms with Crippen LogP contribution in [0.5, 0.6) is 5.75 Å². The average Bonchev–Trinajstić information content (AvgIpc) is 2.74. The highest BCUT2D eigenvalue weighted by Crippen LogP contribution is 2.30. The first-order valence-electron chi connectivity index (χ1n) is 9.61. The molecule has 2 aromatic carbocycles. The molecule has 1 amide bonds. The molecule has 0 spiro atoms. The number of methoxy groups -OCH3 is 1. The van der Waals surface area contributed by atoms with E-state index in [2.05, 4.69) is 10.2 Å². The first kappa shape index (κ1) is 17.9. The predicted octanol–water partition coefficient (Wildman–Crippen LogP) is 3.61. The monoisotopic (exact) mass is 366 g/mol. The standard InChI is InChI=1S/C22H26N2O3/c1-26-19-9-7-18(8-10-19)21(17-5-3-2-4-6-17)27-22(25)23-20-15-24-13-11-16(20)12-14-24/h2-10,16,20-21H,11-15H2,1H3,(H,23,25). The molecule has 2 aromatic rings. The third-order valence-corrected chi connectivity index (χ3v) is 5.71. The fourth-order valence-corrected chi connectivity index (χ4v) is 4.16. The van der Waals surface area contributed by atoms with Gasteiger partial charge in [0.15, 0.2) is 6.10 Å². The zero-order chi connectivity index (χ0) is 18.6. The lowest BCUT2D eigenvalue weighted by Gasteiger charge is -2.44. The number of carbonyl (C=O) groups is 1. The molecule has 0 aromatic heterocycles. The molecule has 5 heteroatoms. The minimum Gasteiger partial charge on any atom is -0.497 e. The van der Waals surface area contributed by atoms with Gasteiger partial charge in [-0.25, -0.2) is 4.79 Å². The summed E-state index contributed by atoms with van der Waals surface area (Å²) in [6.07, 6.45) is 1.52. The molecule has 3 heterocycles. The number of hydrogen-bond donors (Lipinski definition) is 1. The van der Waals surface area contributed by atoms with Crippen molar-refractivity contribution in [2.45, 2.75) is 25.0 Å². The second-order valence-electron chi connectivity index (χ2n) is 7.36. The number of rotatable bonds is 5. The Labute approximate surface area is 160 Å². The number of amides is 1. The summed E-state index contributed by atoms with van der Waals surface area (Å²) in [4.78, 5) is 15.1. The molecular weight excluding hydrogens is 340 g/mol. The van der Waals surface area contributed by atoms with E-state index < -0.39 is 6.10 Å². The first-order chi connectivity index (χ1) is 13.2. The molecule has 0 radical (unpaired) electrons. The molecule has 142 valence electrons. The number of benzene rings is 2. The van der Waals surface area contributed by atoms with E-state index in [4.69, 9.17) is 9.47 Å². The number of nitrogens with zero attached hydrogens (tertiary/aromatic N) is 1. The van der Waals surface area contributed by atoms with E-state index in [1.54, 1.807) is 7.11 Å². The molecule has 5 rings (SSSR count). The number of alkyl carbamates (subject to hydrolysis) is 1. The second kappa shape index (κ2) is 8.01. The quantitative estimate of drug-likeness (QED) is 0.878. The van der Waals surface area contributed by atoms with Crippen molar-refractivity contribution in [3.8, 4) is 5.75 Å². The van der Waals surface area contributed by atoms with Crippen LogP contribution in [0.25, 0.3) is 0 Å². The zero-order valence-corrected chi connectivity index (χ0v) is 15.6. The summed E-state index contributed by atoms with van der Waals surface area (Å²) < 4.78 is 11.1. The van der Waals surface area contributed by atoms with E-state index in [1.807, 2.05) is 54.6 Å². The van der Waals surface area contributed by atoms with E-state index >= 15 is 0 Å². The zero-order valence-electron chi connectivity index (χ0n) is 15.6. The van der Waals surface area contributed by atoms with Gasteiger partial charge in [0.1, 0.15) is 5.75 Å². The van der Waals surface area contributed by atoms with Gasteiger partial charge in [-0.1, -0.05) is 42.5 Å². The molecule has 3 aliphatic heterocycles. The van der Waals surface area contributed by atoms with Crippen molar-refractivity contribution in [2.24, 2.45) is 5.92 Å². The van der Waals surface area contributed by atoms with Crippen LogP contribution in [-0.4, -0.2) is 43.8 Å². The van der Waals surface area contributed by atoms with Gasteiger partial charge < -0.3 is 19.7 Å². The minimum atomic E-state index is -0.446.